The third kappa shape index (κ3) is 2.56. The molecule has 0 saturated carbocycles. The van der Waals surface area contributed by atoms with Crippen LogP contribution in [0.25, 0.3) is 0 Å². The molecular formula is C14H18N2O. The molecule has 2 rings (SSSR count). The number of hydrogen-bond acceptors (Lipinski definition) is 2. The van der Waals surface area contributed by atoms with E-state index in [9.17, 15) is 4.79 Å². The molecule has 0 radical (unpaired) electrons. The summed E-state index contributed by atoms with van der Waals surface area (Å²) in [5.74, 6) is 0.138. The second-order valence-corrected chi connectivity index (χ2v) is 4.41. The topological polar surface area (TPSA) is 32.3 Å². The Balaban J connectivity index is 2.07. The Morgan fingerprint density at radius 1 is 1.53 bits per heavy atom. The molecule has 1 aliphatic heterocycles. The molecular weight excluding hydrogens is 212 g/mol. The molecule has 0 unspecified atom stereocenters. The highest BCUT2D eigenvalue weighted by atomic mass is 16.2. The zero-order valence-electron chi connectivity index (χ0n) is 10.1. The molecule has 0 saturated heterocycles. The smallest absolute Gasteiger partial charge is 0.240 e. The van der Waals surface area contributed by atoms with Gasteiger partial charge in [-0.25, -0.2) is 0 Å². The summed E-state index contributed by atoms with van der Waals surface area (Å²) in [5.41, 5.74) is 2.57. The van der Waals surface area contributed by atoms with Gasteiger partial charge in [-0.1, -0.05) is 30.3 Å². The molecule has 1 atom stereocenters. The van der Waals surface area contributed by atoms with E-state index in [4.69, 9.17) is 0 Å². The molecule has 0 aliphatic carbocycles. The van der Waals surface area contributed by atoms with E-state index >= 15 is 0 Å². The lowest BCUT2D eigenvalue weighted by Crippen LogP contribution is -2.48. The third-order valence-electron chi connectivity index (χ3n) is 3.16. The van der Waals surface area contributed by atoms with Crippen LogP contribution in [-0.2, 0) is 17.8 Å². The summed E-state index contributed by atoms with van der Waals surface area (Å²) in [6.45, 7) is 5.02. The van der Waals surface area contributed by atoms with Gasteiger partial charge < -0.3 is 10.2 Å². The van der Waals surface area contributed by atoms with Gasteiger partial charge in [0.05, 0.1) is 6.04 Å². The molecule has 1 aliphatic rings. The molecule has 90 valence electrons. The Bertz CT molecular complexity index is 428. The lowest BCUT2D eigenvalue weighted by molar-refractivity contribution is -0.131. The van der Waals surface area contributed by atoms with Crippen LogP contribution >= 0.6 is 0 Å². The van der Waals surface area contributed by atoms with Gasteiger partial charge in [0.2, 0.25) is 5.91 Å². The lowest BCUT2D eigenvalue weighted by atomic mass is 9.95. The molecule has 3 nitrogen and oxygen atoms in total. The largest absolute Gasteiger partial charge is 0.341 e. The van der Waals surface area contributed by atoms with Crippen molar-refractivity contribution in [1.82, 2.24) is 10.2 Å². The van der Waals surface area contributed by atoms with E-state index in [1.165, 1.54) is 11.1 Å². The summed E-state index contributed by atoms with van der Waals surface area (Å²) in [5, 5.41) is 3.29. The first-order chi connectivity index (χ1) is 8.22. The van der Waals surface area contributed by atoms with Crippen LogP contribution in [0.1, 0.15) is 11.1 Å². The standard InChI is InChI=1S/C14H18N2O/c1-3-8-16(2)14(17)13-9-11-6-4-5-7-12(11)10-15-13/h3-7,13,15H,1,8-10H2,2H3/t13-/m1/s1. The SMILES string of the molecule is C=CCN(C)C(=O)[C@H]1Cc2ccccc2CN1. The number of carbonyl (C=O) groups is 1. The van der Waals surface area contributed by atoms with E-state index in [0.717, 1.165) is 13.0 Å². The first-order valence-corrected chi connectivity index (χ1v) is 5.88. The molecule has 1 amide bonds. The van der Waals surface area contributed by atoms with Crippen molar-refractivity contribution in [3.8, 4) is 0 Å². The van der Waals surface area contributed by atoms with Gasteiger partial charge in [-0.2, -0.15) is 0 Å². The van der Waals surface area contributed by atoms with Crippen molar-refractivity contribution in [2.75, 3.05) is 13.6 Å². The van der Waals surface area contributed by atoms with Crippen LogP contribution < -0.4 is 5.32 Å². The number of amides is 1. The first-order valence-electron chi connectivity index (χ1n) is 5.88. The molecule has 1 N–H and O–H groups in total. The lowest BCUT2D eigenvalue weighted by Gasteiger charge is -2.28. The van der Waals surface area contributed by atoms with Gasteiger partial charge in [-0.05, 0) is 17.5 Å². The number of nitrogens with one attached hydrogen (secondary N) is 1. The number of nitrogens with zero attached hydrogens (tertiary/aromatic N) is 1. The molecule has 3 heteroatoms. The van der Waals surface area contributed by atoms with Crippen LogP contribution in [0.4, 0.5) is 0 Å². The first kappa shape index (κ1) is 11.9. The fraction of sp³-hybridized carbons (Fsp3) is 0.357. The van der Waals surface area contributed by atoms with E-state index in [1.807, 2.05) is 19.2 Å². The number of hydrogen-bond donors (Lipinski definition) is 1. The fourth-order valence-electron chi connectivity index (χ4n) is 2.18. The summed E-state index contributed by atoms with van der Waals surface area (Å²) in [4.78, 5) is 13.8. The monoisotopic (exact) mass is 230 g/mol. The second-order valence-electron chi connectivity index (χ2n) is 4.41. The minimum Gasteiger partial charge on any atom is -0.341 e. The maximum absolute atomic E-state index is 12.1. The Morgan fingerprint density at radius 2 is 2.24 bits per heavy atom. The Kier molecular flexibility index (Phi) is 3.59. The average Bonchev–Trinajstić information content (AvgIpc) is 2.37. The van der Waals surface area contributed by atoms with Gasteiger partial charge in [-0.15, -0.1) is 6.58 Å². The summed E-state index contributed by atoms with van der Waals surface area (Å²) in [6.07, 6.45) is 2.52. The van der Waals surface area contributed by atoms with Gasteiger partial charge in [0.15, 0.2) is 0 Å². The second kappa shape index (κ2) is 5.15. The van der Waals surface area contributed by atoms with Crippen LogP contribution in [0.5, 0.6) is 0 Å². The number of benzene rings is 1. The number of likely N-dealkylation sites (N-methyl/N-ethyl adjacent to an activating group) is 1. The minimum atomic E-state index is -0.102. The van der Waals surface area contributed by atoms with E-state index in [0.29, 0.717) is 6.54 Å². The van der Waals surface area contributed by atoms with Gasteiger partial charge in [0, 0.05) is 20.1 Å². The minimum absolute atomic E-state index is 0.102. The Morgan fingerprint density at radius 3 is 2.94 bits per heavy atom. The van der Waals surface area contributed by atoms with Crippen LogP contribution in [0.2, 0.25) is 0 Å². The Hall–Kier alpha value is -1.61. The average molecular weight is 230 g/mol. The van der Waals surface area contributed by atoms with Crippen LogP contribution in [0.15, 0.2) is 36.9 Å². The molecule has 1 aromatic rings. The van der Waals surface area contributed by atoms with E-state index in [2.05, 4.69) is 24.0 Å². The van der Waals surface area contributed by atoms with E-state index in [1.54, 1.807) is 11.0 Å². The van der Waals surface area contributed by atoms with E-state index in [-0.39, 0.29) is 11.9 Å². The molecule has 0 fully saturated rings. The normalized spacial score (nSPS) is 18.3. The van der Waals surface area contributed by atoms with Gasteiger partial charge in [0.25, 0.3) is 0 Å². The van der Waals surface area contributed by atoms with Crippen molar-refractivity contribution in [3.63, 3.8) is 0 Å². The molecule has 1 aromatic carbocycles. The number of fused-ring (bicyclic) bond motifs is 1. The number of carbonyl (C=O) groups excluding carboxylic acids is 1. The zero-order chi connectivity index (χ0) is 12.3. The Labute approximate surface area is 102 Å². The fourth-order valence-corrected chi connectivity index (χ4v) is 2.18. The van der Waals surface area contributed by atoms with Crippen molar-refractivity contribution in [2.45, 2.75) is 19.0 Å². The maximum Gasteiger partial charge on any atom is 0.240 e. The van der Waals surface area contributed by atoms with Crippen molar-refractivity contribution in [1.29, 1.82) is 0 Å². The van der Waals surface area contributed by atoms with E-state index < -0.39 is 0 Å². The van der Waals surface area contributed by atoms with Crippen LogP contribution in [0, 0.1) is 0 Å². The van der Waals surface area contributed by atoms with Gasteiger partial charge in [-0.3, -0.25) is 4.79 Å². The van der Waals surface area contributed by atoms with Crippen LogP contribution in [-0.4, -0.2) is 30.4 Å². The van der Waals surface area contributed by atoms with Gasteiger partial charge in [0.1, 0.15) is 0 Å². The molecule has 17 heavy (non-hydrogen) atoms. The van der Waals surface area contributed by atoms with Crippen molar-refractivity contribution in [3.05, 3.63) is 48.0 Å². The van der Waals surface area contributed by atoms with Gasteiger partial charge >= 0.3 is 0 Å². The summed E-state index contributed by atoms with van der Waals surface area (Å²) in [7, 11) is 1.81. The summed E-state index contributed by atoms with van der Waals surface area (Å²) < 4.78 is 0. The zero-order valence-corrected chi connectivity index (χ0v) is 10.1. The highest BCUT2D eigenvalue weighted by Gasteiger charge is 2.25. The molecule has 0 aromatic heterocycles. The molecule has 0 bridgehead atoms. The summed E-state index contributed by atoms with van der Waals surface area (Å²) >= 11 is 0. The number of rotatable bonds is 3. The molecule has 1 heterocycles. The maximum atomic E-state index is 12.1. The molecule has 0 spiro atoms. The summed E-state index contributed by atoms with van der Waals surface area (Å²) in [6, 6.07) is 8.17. The van der Waals surface area contributed by atoms with Crippen molar-refractivity contribution < 1.29 is 4.79 Å². The van der Waals surface area contributed by atoms with Crippen molar-refractivity contribution in [2.24, 2.45) is 0 Å². The van der Waals surface area contributed by atoms with Crippen LogP contribution in [0.3, 0.4) is 0 Å². The predicted octanol–water partition coefficient (Wildman–Crippen LogP) is 1.35. The quantitative estimate of drug-likeness (QED) is 0.795. The third-order valence-corrected chi connectivity index (χ3v) is 3.16. The predicted molar refractivity (Wildman–Crippen MR) is 68.6 cm³/mol. The highest BCUT2D eigenvalue weighted by Crippen LogP contribution is 2.17. The van der Waals surface area contributed by atoms with Crippen molar-refractivity contribution >= 4 is 5.91 Å². The highest BCUT2D eigenvalue weighted by molar-refractivity contribution is 5.82.